The first-order valence-electron chi connectivity index (χ1n) is 5.71. The van der Waals surface area contributed by atoms with E-state index in [1.807, 2.05) is 6.07 Å². The van der Waals surface area contributed by atoms with E-state index in [0.717, 1.165) is 9.92 Å². The van der Waals surface area contributed by atoms with Crippen LogP contribution in [0.15, 0.2) is 46.7 Å². The molecule has 0 bridgehead atoms. The zero-order valence-corrected chi connectivity index (χ0v) is 11.2. The van der Waals surface area contributed by atoms with Crippen molar-refractivity contribution in [2.24, 2.45) is 0 Å². The molecule has 0 unspecified atom stereocenters. The summed E-state index contributed by atoms with van der Waals surface area (Å²) < 4.78 is 4.89. The third kappa shape index (κ3) is 3.45. The first kappa shape index (κ1) is 13.4. The summed E-state index contributed by atoms with van der Waals surface area (Å²) >= 11 is 1.42. The minimum atomic E-state index is -0.366. The van der Waals surface area contributed by atoms with E-state index in [9.17, 15) is 4.79 Å². The van der Waals surface area contributed by atoms with Crippen molar-refractivity contribution in [3.05, 3.63) is 42.4 Å². The van der Waals surface area contributed by atoms with Crippen LogP contribution in [0.4, 0.5) is 5.69 Å². The molecule has 2 heterocycles. The van der Waals surface area contributed by atoms with E-state index in [1.165, 1.54) is 18.0 Å². The normalized spacial score (nSPS) is 10.2. The van der Waals surface area contributed by atoms with Crippen molar-refractivity contribution in [2.45, 2.75) is 16.8 Å². The van der Waals surface area contributed by atoms with Gasteiger partial charge in [0.1, 0.15) is 5.03 Å². The van der Waals surface area contributed by atoms with Crippen molar-refractivity contribution in [3.8, 4) is 0 Å². The van der Waals surface area contributed by atoms with Crippen LogP contribution in [0, 0.1) is 0 Å². The van der Waals surface area contributed by atoms with Crippen molar-refractivity contribution in [3.63, 3.8) is 0 Å². The van der Waals surface area contributed by atoms with Gasteiger partial charge >= 0.3 is 5.97 Å². The fourth-order valence-corrected chi connectivity index (χ4v) is 2.14. The number of carbonyl (C=O) groups excluding carboxylic acids is 1. The Morgan fingerprint density at radius 2 is 2.21 bits per heavy atom. The number of nitrogen functional groups attached to an aromatic ring is 1. The maximum Gasteiger partial charge on any atom is 0.339 e. The van der Waals surface area contributed by atoms with Crippen LogP contribution in [-0.4, -0.2) is 22.5 Å². The van der Waals surface area contributed by atoms with Gasteiger partial charge in [0, 0.05) is 17.3 Å². The maximum absolute atomic E-state index is 11.5. The highest BCUT2D eigenvalue weighted by Gasteiger charge is 2.08. The molecular weight excluding hydrogens is 262 g/mol. The van der Waals surface area contributed by atoms with E-state index in [-0.39, 0.29) is 5.97 Å². The van der Waals surface area contributed by atoms with Gasteiger partial charge in [-0.3, -0.25) is 4.98 Å². The van der Waals surface area contributed by atoms with Gasteiger partial charge in [0.15, 0.2) is 0 Å². The molecule has 0 aliphatic rings. The second-order valence-electron chi connectivity index (χ2n) is 3.62. The second-order valence-corrected chi connectivity index (χ2v) is 4.68. The maximum atomic E-state index is 11.5. The summed E-state index contributed by atoms with van der Waals surface area (Å²) in [6.07, 6.45) is 4.76. The van der Waals surface area contributed by atoms with E-state index in [0.29, 0.717) is 17.9 Å². The number of rotatable bonds is 4. The Morgan fingerprint density at radius 1 is 1.37 bits per heavy atom. The number of carbonyl (C=O) groups is 1. The quantitative estimate of drug-likeness (QED) is 0.863. The smallest absolute Gasteiger partial charge is 0.339 e. The average Bonchev–Trinajstić information content (AvgIpc) is 2.42. The largest absolute Gasteiger partial charge is 0.462 e. The van der Waals surface area contributed by atoms with Crippen LogP contribution < -0.4 is 5.73 Å². The number of hydrogen-bond acceptors (Lipinski definition) is 6. The number of esters is 1. The van der Waals surface area contributed by atoms with Gasteiger partial charge in [-0.05, 0) is 25.1 Å². The summed E-state index contributed by atoms with van der Waals surface area (Å²) in [5, 5.41) is 0.756. The van der Waals surface area contributed by atoms with Gasteiger partial charge in [-0.1, -0.05) is 11.8 Å². The van der Waals surface area contributed by atoms with Crippen molar-refractivity contribution in [1.29, 1.82) is 0 Å². The van der Waals surface area contributed by atoms with Gasteiger partial charge in [-0.15, -0.1) is 0 Å². The lowest BCUT2D eigenvalue weighted by molar-refractivity contribution is 0.0525. The molecule has 2 rings (SSSR count). The highest BCUT2D eigenvalue weighted by Crippen LogP contribution is 2.29. The lowest BCUT2D eigenvalue weighted by Gasteiger charge is -2.05. The number of aromatic nitrogens is 2. The van der Waals surface area contributed by atoms with Gasteiger partial charge in [0.2, 0.25) is 0 Å². The molecule has 19 heavy (non-hydrogen) atoms. The van der Waals surface area contributed by atoms with Gasteiger partial charge < -0.3 is 10.5 Å². The number of nitrogens with zero attached hydrogens (tertiary/aromatic N) is 2. The standard InChI is InChI=1S/C13H13N3O2S/c1-2-18-13(17)9-3-4-12(16-7-9)19-11-5-6-15-8-10(11)14/h3-8H,2,14H2,1H3. The first-order chi connectivity index (χ1) is 9.20. The topological polar surface area (TPSA) is 78.1 Å². The predicted octanol–water partition coefficient (Wildman–Crippen LogP) is 2.39. The summed E-state index contributed by atoms with van der Waals surface area (Å²) in [6, 6.07) is 5.27. The van der Waals surface area contributed by atoms with Crippen LogP contribution >= 0.6 is 11.8 Å². The van der Waals surface area contributed by atoms with E-state index in [4.69, 9.17) is 10.5 Å². The zero-order valence-electron chi connectivity index (χ0n) is 10.4. The fraction of sp³-hybridized carbons (Fsp3) is 0.154. The van der Waals surface area contributed by atoms with Gasteiger partial charge in [0.05, 0.1) is 24.1 Å². The van der Waals surface area contributed by atoms with Crippen LogP contribution in [-0.2, 0) is 4.74 Å². The van der Waals surface area contributed by atoms with Gasteiger partial charge in [0.25, 0.3) is 0 Å². The Bertz CT molecular complexity index is 572. The molecule has 6 heteroatoms. The molecule has 98 valence electrons. The summed E-state index contributed by atoms with van der Waals surface area (Å²) in [6.45, 7) is 2.12. The number of pyridine rings is 2. The molecule has 0 amide bonds. The molecule has 0 aliphatic carbocycles. The summed E-state index contributed by atoms with van der Waals surface area (Å²) in [5.41, 5.74) is 6.84. The molecule has 0 saturated heterocycles. The Labute approximate surface area is 115 Å². The Morgan fingerprint density at radius 3 is 2.84 bits per heavy atom. The number of hydrogen-bond donors (Lipinski definition) is 1. The highest BCUT2D eigenvalue weighted by molar-refractivity contribution is 7.99. The molecular formula is C13H13N3O2S. The molecule has 0 fully saturated rings. The average molecular weight is 275 g/mol. The third-order valence-corrected chi connectivity index (χ3v) is 3.31. The Kier molecular flexibility index (Phi) is 4.35. The van der Waals surface area contributed by atoms with E-state index in [1.54, 1.807) is 31.5 Å². The minimum Gasteiger partial charge on any atom is -0.462 e. The summed E-state index contributed by atoms with van der Waals surface area (Å²) in [4.78, 5) is 20.5. The molecule has 2 N–H and O–H groups in total. The molecule has 0 radical (unpaired) electrons. The van der Waals surface area contributed by atoms with Crippen molar-refractivity contribution in [2.75, 3.05) is 12.3 Å². The molecule has 0 aliphatic heterocycles. The van der Waals surface area contributed by atoms with Gasteiger partial charge in [-0.25, -0.2) is 9.78 Å². The lowest BCUT2D eigenvalue weighted by Crippen LogP contribution is -2.04. The van der Waals surface area contributed by atoms with E-state index in [2.05, 4.69) is 9.97 Å². The molecule has 2 aromatic rings. The number of nitrogens with two attached hydrogens (primary N) is 1. The van der Waals surface area contributed by atoms with E-state index < -0.39 is 0 Å². The molecule has 2 aromatic heterocycles. The van der Waals surface area contributed by atoms with Crippen LogP contribution in [0.2, 0.25) is 0 Å². The fourth-order valence-electron chi connectivity index (χ4n) is 1.38. The predicted molar refractivity (Wildman–Crippen MR) is 73.0 cm³/mol. The van der Waals surface area contributed by atoms with Crippen molar-refractivity contribution >= 4 is 23.4 Å². The van der Waals surface area contributed by atoms with E-state index >= 15 is 0 Å². The Balaban J connectivity index is 2.11. The number of ether oxygens (including phenoxy) is 1. The minimum absolute atomic E-state index is 0.350. The van der Waals surface area contributed by atoms with Crippen LogP contribution in [0.1, 0.15) is 17.3 Å². The van der Waals surface area contributed by atoms with Crippen molar-refractivity contribution < 1.29 is 9.53 Å². The van der Waals surface area contributed by atoms with Crippen LogP contribution in [0.5, 0.6) is 0 Å². The zero-order chi connectivity index (χ0) is 13.7. The van der Waals surface area contributed by atoms with Crippen molar-refractivity contribution in [1.82, 2.24) is 9.97 Å². The summed E-state index contributed by atoms with van der Waals surface area (Å²) in [5.74, 6) is -0.366. The SMILES string of the molecule is CCOC(=O)c1ccc(Sc2ccncc2N)nc1. The lowest BCUT2D eigenvalue weighted by atomic mass is 10.3. The molecule has 5 nitrogen and oxygen atoms in total. The highest BCUT2D eigenvalue weighted by atomic mass is 32.2. The van der Waals surface area contributed by atoms with Crippen LogP contribution in [0.25, 0.3) is 0 Å². The molecule has 0 atom stereocenters. The molecule has 0 aromatic carbocycles. The third-order valence-electron chi connectivity index (χ3n) is 2.27. The van der Waals surface area contributed by atoms with Gasteiger partial charge in [-0.2, -0.15) is 0 Å². The number of anilines is 1. The van der Waals surface area contributed by atoms with Crippen LogP contribution in [0.3, 0.4) is 0 Å². The molecule has 0 spiro atoms. The monoisotopic (exact) mass is 275 g/mol. The summed E-state index contributed by atoms with van der Waals surface area (Å²) in [7, 11) is 0. The first-order valence-corrected chi connectivity index (χ1v) is 6.53. The molecule has 0 saturated carbocycles. The second kappa shape index (κ2) is 6.19. The Hall–Kier alpha value is -2.08.